The van der Waals surface area contributed by atoms with Crippen LogP contribution in [-0.4, -0.2) is 59.6 Å². The summed E-state index contributed by atoms with van der Waals surface area (Å²) >= 11 is 0. The van der Waals surface area contributed by atoms with E-state index in [0.717, 1.165) is 0 Å². The summed E-state index contributed by atoms with van der Waals surface area (Å²) in [7, 11) is 1.50. The number of methoxy groups -OCH3 is 1. The third-order valence-corrected chi connectivity index (χ3v) is 4.65. The fourth-order valence-corrected chi connectivity index (χ4v) is 3.15. The Labute approximate surface area is 168 Å². The molecule has 3 rings (SSSR count). The SMILES string of the molecule is COCC(=O)N1CCC(Oc2ccccc2C(=O)NCc2cc(=O)[nH]cn2)CC1. The second-order valence-electron chi connectivity index (χ2n) is 6.71. The zero-order valence-corrected chi connectivity index (χ0v) is 16.2. The molecule has 2 amide bonds. The Morgan fingerprint density at radius 2 is 2.03 bits per heavy atom. The summed E-state index contributed by atoms with van der Waals surface area (Å²) in [4.78, 5) is 44.0. The van der Waals surface area contributed by atoms with Gasteiger partial charge in [-0.25, -0.2) is 4.98 Å². The third kappa shape index (κ3) is 5.64. The molecule has 2 N–H and O–H groups in total. The molecule has 1 aromatic carbocycles. The Hall–Kier alpha value is -3.20. The van der Waals surface area contributed by atoms with Crippen molar-refractivity contribution in [2.45, 2.75) is 25.5 Å². The molecule has 2 aromatic rings. The van der Waals surface area contributed by atoms with Gasteiger partial charge in [0.25, 0.3) is 11.5 Å². The van der Waals surface area contributed by atoms with Gasteiger partial charge < -0.3 is 24.7 Å². The first kappa shape index (κ1) is 20.5. The molecule has 2 heterocycles. The standard InChI is InChI=1S/C20H24N4O5/c1-28-12-19(26)24-8-6-15(7-9-24)29-17-5-3-2-4-16(17)20(27)21-11-14-10-18(25)23-13-22-14/h2-5,10,13,15H,6-9,11-12H2,1H3,(H,21,27)(H,22,23,25). The maximum absolute atomic E-state index is 12.6. The highest BCUT2D eigenvalue weighted by Crippen LogP contribution is 2.23. The Kier molecular flexibility index (Phi) is 6.96. The second kappa shape index (κ2) is 9.83. The topological polar surface area (TPSA) is 114 Å². The number of benzene rings is 1. The Morgan fingerprint density at radius 3 is 2.76 bits per heavy atom. The number of amides is 2. The lowest BCUT2D eigenvalue weighted by Crippen LogP contribution is -2.43. The smallest absolute Gasteiger partial charge is 0.255 e. The van der Waals surface area contributed by atoms with Gasteiger partial charge in [0.1, 0.15) is 18.5 Å². The van der Waals surface area contributed by atoms with Crippen LogP contribution in [-0.2, 0) is 16.1 Å². The van der Waals surface area contributed by atoms with Crippen molar-refractivity contribution in [2.75, 3.05) is 26.8 Å². The zero-order valence-electron chi connectivity index (χ0n) is 16.2. The lowest BCUT2D eigenvalue weighted by molar-refractivity contribution is -0.136. The number of rotatable bonds is 7. The van der Waals surface area contributed by atoms with Crippen LogP contribution in [0.5, 0.6) is 5.75 Å². The second-order valence-corrected chi connectivity index (χ2v) is 6.71. The van der Waals surface area contributed by atoms with E-state index >= 15 is 0 Å². The number of piperidine rings is 1. The van der Waals surface area contributed by atoms with Crippen molar-refractivity contribution in [1.82, 2.24) is 20.2 Å². The molecule has 29 heavy (non-hydrogen) atoms. The predicted octanol–water partition coefficient (Wildman–Crippen LogP) is 0.716. The zero-order chi connectivity index (χ0) is 20.6. The highest BCUT2D eigenvalue weighted by atomic mass is 16.5. The number of hydrogen-bond donors (Lipinski definition) is 2. The van der Waals surface area contributed by atoms with Gasteiger partial charge in [-0.15, -0.1) is 0 Å². The lowest BCUT2D eigenvalue weighted by atomic mass is 10.1. The number of nitrogens with one attached hydrogen (secondary N) is 2. The molecule has 1 aliphatic rings. The Morgan fingerprint density at radius 1 is 1.28 bits per heavy atom. The van der Waals surface area contributed by atoms with Crippen LogP contribution in [0.3, 0.4) is 0 Å². The van der Waals surface area contributed by atoms with Gasteiger partial charge in [-0.2, -0.15) is 0 Å². The van der Waals surface area contributed by atoms with E-state index in [2.05, 4.69) is 15.3 Å². The molecule has 0 bridgehead atoms. The summed E-state index contributed by atoms with van der Waals surface area (Å²) in [6, 6.07) is 8.35. The molecule has 1 saturated heterocycles. The van der Waals surface area contributed by atoms with E-state index in [0.29, 0.717) is 42.9 Å². The number of ether oxygens (including phenoxy) is 2. The maximum Gasteiger partial charge on any atom is 0.255 e. The van der Waals surface area contributed by atoms with Crippen LogP contribution in [0.15, 0.2) is 41.5 Å². The average molecular weight is 400 g/mol. The first-order valence-electron chi connectivity index (χ1n) is 9.41. The number of carbonyl (C=O) groups is 2. The van der Waals surface area contributed by atoms with Crippen molar-refractivity contribution in [3.05, 3.63) is 58.3 Å². The summed E-state index contributed by atoms with van der Waals surface area (Å²) in [5, 5.41) is 2.76. The summed E-state index contributed by atoms with van der Waals surface area (Å²) in [6.07, 6.45) is 2.58. The van der Waals surface area contributed by atoms with E-state index < -0.39 is 0 Å². The highest BCUT2D eigenvalue weighted by molar-refractivity contribution is 5.96. The molecule has 9 heteroatoms. The Balaban J connectivity index is 1.58. The van der Waals surface area contributed by atoms with Crippen molar-refractivity contribution in [2.24, 2.45) is 0 Å². The van der Waals surface area contributed by atoms with Crippen molar-refractivity contribution >= 4 is 11.8 Å². The van der Waals surface area contributed by atoms with Gasteiger partial charge in [0.15, 0.2) is 0 Å². The van der Waals surface area contributed by atoms with Crippen LogP contribution >= 0.6 is 0 Å². The summed E-state index contributed by atoms with van der Waals surface area (Å²) in [6.45, 7) is 1.40. The van der Waals surface area contributed by atoms with Crippen molar-refractivity contribution in [3.8, 4) is 5.75 Å². The molecular weight excluding hydrogens is 376 g/mol. The van der Waals surface area contributed by atoms with Gasteiger partial charge in [0, 0.05) is 39.1 Å². The van der Waals surface area contributed by atoms with Gasteiger partial charge in [0.2, 0.25) is 5.91 Å². The first-order chi connectivity index (χ1) is 14.1. The summed E-state index contributed by atoms with van der Waals surface area (Å²) in [5.41, 5.74) is 0.604. The molecule has 1 aliphatic heterocycles. The fourth-order valence-electron chi connectivity index (χ4n) is 3.15. The minimum absolute atomic E-state index is 0.0286. The fraction of sp³-hybridized carbons (Fsp3) is 0.400. The highest BCUT2D eigenvalue weighted by Gasteiger charge is 2.25. The number of aromatic nitrogens is 2. The van der Waals surface area contributed by atoms with Gasteiger partial charge in [-0.1, -0.05) is 12.1 Å². The van der Waals surface area contributed by atoms with E-state index in [-0.39, 0.29) is 36.6 Å². The molecule has 9 nitrogen and oxygen atoms in total. The molecule has 0 radical (unpaired) electrons. The summed E-state index contributed by atoms with van der Waals surface area (Å²) in [5.74, 6) is 0.153. The molecule has 0 atom stereocenters. The minimum Gasteiger partial charge on any atom is -0.489 e. The van der Waals surface area contributed by atoms with Crippen molar-refractivity contribution in [3.63, 3.8) is 0 Å². The lowest BCUT2D eigenvalue weighted by Gasteiger charge is -2.32. The molecular formula is C20H24N4O5. The number of carbonyl (C=O) groups excluding carboxylic acids is 2. The van der Waals surface area contributed by atoms with Crippen LogP contribution in [0.25, 0.3) is 0 Å². The van der Waals surface area contributed by atoms with Crippen LogP contribution in [0.2, 0.25) is 0 Å². The van der Waals surface area contributed by atoms with Crippen molar-refractivity contribution < 1.29 is 19.1 Å². The van der Waals surface area contributed by atoms with Gasteiger partial charge in [-0.05, 0) is 12.1 Å². The van der Waals surface area contributed by atoms with Crippen LogP contribution < -0.4 is 15.6 Å². The van der Waals surface area contributed by atoms with E-state index in [4.69, 9.17) is 9.47 Å². The Bertz CT molecular complexity index is 905. The molecule has 0 aliphatic carbocycles. The van der Waals surface area contributed by atoms with Gasteiger partial charge in [0.05, 0.1) is 24.1 Å². The minimum atomic E-state index is -0.310. The predicted molar refractivity (Wildman–Crippen MR) is 105 cm³/mol. The molecule has 0 saturated carbocycles. The number of hydrogen-bond acceptors (Lipinski definition) is 6. The maximum atomic E-state index is 12.6. The number of nitrogens with zero attached hydrogens (tertiary/aromatic N) is 2. The number of para-hydroxylation sites is 1. The molecule has 0 spiro atoms. The number of aromatic amines is 1. The first-order valence-corrected chi connectivity index (χ1v) is 9.41. The largest absolute Gasteiger partial charge is 0.489 e. The molecule has 1 fully saturated rings. The van der Waals surface area contributed by atoms with E-state index in [9.17, 15) is 14.4 Å². The van der Waals surface area contributed by atoms with Gasteiger partial charge >= 0.3 is 0 Å². The van der Waals surface area contributed by atoms with Crippen LogP contribution in [0.1, 0.15) is 28.9 Å². The average Bonchev–Trinajstić information content (AvgIpc) is 2.73. The van der Waals surface area contributed by atoms with Gasteiger partial charge in [-0.3, -0.25) is 14.4 Å². The van der Waals surface area contributed by atoms with Crippen molar-refractivity contribution in [1.29, 1.82) is 0 Å². The molecule has 1 aromatic heterocycles. The van der Waals surface area contributed by atoms with E-state index in [1.807, 2.05) is 6.07 Å². The third-order valence-electron chi connectivity index (χ3n) is 4.65. The number of likely N-dealkylation sites (tertiary alicyclic amines) is 1. The summed E-state index contributed by atoms with van der Waals surface area (Å²) < 4.78 is 11.0. The number of H-pyrrole nitrogens is 1. The normalized spacial score (nSPS) is 14.4. The monoisotopic (exact) mass is 400 g/mol. The van der Waals surface area contributed by atoms with E-state index in [1.165, 1.54) is 19.5 Å². The van der Waals surface area contributed by atoms with E-state index in [1.54, 1.807) is 23.1 Å². The van der Waals surface area contributed by atoms with Crippen LogP contribution in [0.4, 0.5) is 0 Å². The quantitative estimate of drug-likeness (QED) is 0.708. The van der Waals surface area contributed by atoms with Crippen LogP contribution in [0, 0.1) is 0 Å². The molecule has 0 unspecified atom stereocenters. The molecule has 154 valence electrons.